The van der Waals surface area contributed by atoms with E-state index in [2.05, 4.69) is 57.3 Å². The Kier molecular flexibility index (Phi) is 4.24. The lowest BCUT2D eigenvalue weighted by atomic mass is 10.2. The van der Waals surface area contributed by atoms with Crippen LogP contribution in [0.15, 0.2) is 49.6 Å². The Morgan fingerprint density at radius 2 is 2.10 bits per heavy atom. The van der Waals surface area contributed by atoms with E-state index in [9.17, 15) is 0 Å². The molecule has 0 amide bonds. The van der Waals surface area contributed by atoms with Crippen molar-refractivity contribution in [3.63, 3.8) is 0 Å². The largest absolute Gasteiger partial charge is 0.338 e. The number of aromatic nitrogens is 2. The van der Waals surface area contributed by atoms with Gasteiger partial charge in [-0.15, -0.1) is 23.1 Å². The maximum Gasteiger partial charge on any atom is 0.237 e. The maximum absolute atomic E-state index is 5.28. The molecule has 0 saturated carbocycles. The van der Waals surface area contributed by atoms with Gasteiger partial charge in [0.15, 0.2) is 0 Å². The molecule has 0 N–H and O–H groups in total. The fourth-order valence-corrected chi connectivity index (χ4v) is 3.71. The van der Waals surface area contributed by atoms with E-state index in [1.165, 1.54) is 10.5 Å². The summed E-state index contributed by atoms with van der Waals surface area (Å²) in [5.41, 5.74) is 1.26. The molecule has 0 unspecified atom stereocenters. The molecule has 2 heterocycles. The van der Waals surface area contributed by atoms with Crippen molar-refractivity contribution in [1.82, 2.24) is 10.1 Å². The number of hydrogen-bond donors (Lipinski definition) is 0. The molecule has 0 radical (unpaired) electrons. The van der Waals surface area contributed by atoms with Crippen LogP contribution in [-0.2, 0) is 5.75 Å². The Morgan fingerprint density at radius 1 is 1.30 bits per heavy atom. The molecule has 0 aliphatic heterocycles. The molecule has 102 valence electrons. The molecule has 0 spiro atoms. The van der Waals surface area contributed by atoms with E-state index in [0.717, 1.165) is 9.35 Å². The quantitative estimate of drug-likeness (QED) is 0.597. The van der Waals surface area contributed by atoms with Crippen LogP contribution in [-0.4, -0.2) is 10.1 Å². The molecular weight excluding hydrogens is 356 g/mol. The highest BCUT2D eigenvalue weighted by atomic mass is 79.9. The third-order valence-corrected chi connectivity index (χ3v) is 5.32. The Hall–Kier alpha value is -1.11. The van der Waals surface area contributed by atoms with Gasteiger partial charge in [-0.2, -0.15) is 4.98 Å². The minimum Gasteiger partial charge on any atom is -0.338 e. The van der Waals surface area contributed by atoms with Gasteiger partial charge in [0.25, 0.3) is 0 Å². The van der Waals surface area contributed by atoms with E-state index in [1.54, 1.807) is 23.1 Å². The van der Waals surface area contributed by atoms with Crippen LogP contribution in [0.3, 0.4) is 0 Å². The lowest BCUT2D eigenvalue weighted by Crippen LogP contribution is -1.81. The predicted octanol–water partition coefficient (Wildman–Crippen LogP) is 5.16. The molecule has 0 saturated heterocycles. The second-order valence-corrected chi connectivity index (χ2v) is 7.12. The number of benzene rings is 1. The van der Waals surface area contributed by atoms with Crippen LogP contribution in [0, 0.1) is 6.92 Å². The first-order valence-electron chi connectivity index (χ1n) is 5.97. The summed E-state index contributed by atoms with van der Waals surface area (Å²) in [7, 11) is 0. The summed E-state index contributed by atoms with van der Waals surface area (Å²) < 4.78 is 6.32. The summed E-state index contributed by atoms with van der Waals surface area (Å²) in [5, 5.41) is 6.02. The third-order valence-electron chi connectivity index (χ3n) is 2.64. The SMILES string of the molecule is Cc1ccc(SCc2nc(-c3cc(Br)cs3)no2)cc1. The smallest absolute Gasteiger partial charge is 0.237 e. The van der Waals surface area contributed by atoms with Crippen molar-refractivity contribution in [3.05, 3.63) is 51.6 Å². The van der Waals surface area contributed by atoms with Crippen molar-refractivity contribution in [2.45, 2.75) is 17.6 Å². The van der Waals surface area contributed by atoms with Gasteiger partial charge in [0, 0.05) is 14.7 Å². The summed E-state index contributed by atoms with van der Waals surface area (Å²) in [6.45, 7) is 2.08. The maximum atomic E-state index is 5.28. The zero-order chi connectivity index (χ0) is 13.9. The van der Waals surface area contributed by atoms with Crippen LogP contribution >= 0.6 is 39.0 Å². The minimum absolute atomic E-state index is 0.648. The lowest BCUT2D eigenvalue weighted by molar-refractivity contribution is 0.392. The van der Waals surface area contributed by atoms with E-state index in [4.69, 9.17) is 4.52 Å². The van der Waals surface area contributed by atoms with Crippen LogP contribution in [0.25, 0.3) is 10.7 Å². The van der Waals surface area contributed by atoms with Crippen LogP contribution in [0.2, 0.25) is 0 Å². The van der Waals surface area contributed by atoms with Gasteiger partial charge in [-0.05, 0) is 41.1 Å². The average molecular weight is 367 g/mol. The zero-order valence-corrected chi connectivity index (χ0v) is 13.9. The monoisotopic (exact) mass is 366 g/mol. The van der Waals surface area contributed by atoms with E-state index < -0.39 is 0 Å². The molecule has 0 aliphatic rings. The molecule has 0 aliphatic carbocycles. The fraction of sp³-hybridized carbons (Fsp3) is 0.143. The second kappa shape index (κ2) is 6.11. The summed E-state index contributed by atoms with van der Waals surface area (Å²) in [6.07, 6.45) is 0. The molecule has 3 aromatic rings. The number of aryl methyl sites for hydroxylation is 1. The highest BCUT2D eigenvalue weighted by molar-refractivity contribution is 9.10. The van der Waals surface area contributed by atoms with Gasteiger partial charge in [-0.25, -0.2) is 0 Å². The molecule has 3 rings (SSSR count). The number of rotatable bonds is 4. The van der Waals surface area contributed by atoms with Crippen LogP contribution in [0.4, 0.5) is 0 Å². The molecule has 20 heavy (non-hydrogen) atoms. The number of hydrogen-bond acceptors (Lipinski definition) is 5. The van der Waals surface area contributed by atoms with Gasteiger partial charge < -0.3 is 4.52 Å². The Morgan fingerprint density at radius 3 is 2.80 bits per heavy atom. The fourth-order valence-electron chi connectivity index (χ4n) is 1.62. The molecule has 0 atom stereocenters. The molecule has 3 nitrogen and oxygen atoms in total. The molecule has 0 bridgehead atoms. The van der Waals surface area contributed by atoms with Crippen molar-refractivity contribution in [2.75, 3.05) is 0 Å². The number of thiophene rings is 1. The van der Waals surface area contributed by atoms with Gasteiger partial charge >= 0.3 is 0 Å². The Balaban J connectivity index is 1.67. The normalized spacial score (nSPS) is 10.9. The van der Waals surface area contributed by atoms with Gasteiger partial charge in [-0.1, -0.05) is 22.9 Å². The number of nitrogens with zero attached hydrogens (tertiary/aromatic N) is 2. The molecule has 1 aromatic carbocycles. The molecular formula is C14H11BrN2OS2. The highest BCUT2D eigenvalue weighted by Gasteiger charge is 2.10. The third kappa shape index (κ3) is 3.31. The van der Waals surface area contributed by atoms with Gasteiger partial charge in [-0.3, -0.25) is 0 Å². The topological polar surface area (TPSA) is 38.9 Å². The first-order valence-corrected chi connectivity index (χ1v) is 8.63. The second-order valence-electron chi connectivity index (χ2n) is 4.24. The van der Waals surface area contributed by atoms with Crippen molar-refractivity contribution in [1.29, 1.82) is 0 Å². The summed E-state index contributed by atoms with van der Waals surface area (Å²) >= 11 is 6.71. The van der Waals surface area contributed by atoms with Crippen molar-refractivity contribution >= 4 is 39.0 Å². The van der Waals surface area contributed by atoms with E-state index in [0.29, 0.717) is 17.5 Å². The Labute approximate surface area is 133 Å². The van der Waals surface area contributed by atoms with E-state index in [-0.39, 0.29) is 0 Å². The summed E-state index contributed by atoms with van der Waals surface area (Å²) in [4.78, 5) is 6.63. The van der Waals surface area contributed by atoms with Crippen LogP contribution < -0.4 is 0 Å². The van der Waals surface area contributed by atoms with E-state index in [1.807, 2.05) is 11.4 Å². The average Bonchev–Trinajstić information content (AvgIpc) is 3.07. The van der Waals surface area contributed by atoms with Crippen molar-refractivity contribution < 1.29 is 4.52 Å². The molecule has 2 aromatic heterocycles. The number of thioether (sulfide) groups is 1. The summed E-state index contributed by atoms with van der Waals surface area (Å²) in [5.74, 6) is 1.98. The zero-order valence-electron chi connectivity index (χ0n) is 10.7. The van der Waals surface area contributed by atoms with Gasteiger partial charge in [0.1, 0.15) is 0 Å². The molecule has 6 heteroatoms. The first kappa shape index (κ1) is 13.9. The van der Waals surface area contributed by atoms with E-state index >= 15 is 0 Å². The van der Waals surface area contributed by atoms with Crippen molar-refractivity contribution in [3.8, 4) is 10.7 Å². The standard InChI is InChI=1S/C14H11BrN2OS2/c1-9-2-4-11(5-3-9)19-8-13-16-14(17-18-13)12-6-10(15)7-20-12/h2-7H,8H2,1H3. The summed E-state index contributed by atoms with van der Waals surface area (Å²) in [6, 6.07) is 10.4. The molecule has 0 fully saturated rings. The first-order chi connectivity index (χ1) is 9.70. The van der Waals surface area contributed by atoms with Gasteiger partial charge in [0.2, 0.25) is 11.7 Å². The lowest BCUT2D eigenvalue weighted by Gasteiger charge is -1.98. The Bertz CT molecular complexity index is 706. The van der Waals surface area contributed by atoms with Crippen molar-refractivity contribution in [2.24, 2.45) is 0 Å². The number of halogens is 1. The minimum atomic E-state index is 0.648. The van der Waals surface area contributed by atoms with Crippen LogP contribution in [0.1, 0.15) is 11.5 Å². The van der Waals surface area contributed by atoms with Gasteiger partial charge in [0.05, 0.1) is 10.6 Å². The van der Waals surface area contributed by atoms with Crippen LogP contribution in [0.5, 0.6) is 0 Å². The predicted molar refractivity (Wildman–Crippen MR) is 86.1 cm³/mol. The highest BCUT2D eigenvalue weighted by Crippen LogP contribution is 2.29.